The van der Waals surface area contributed by atoms with E-state index in [-0.39, 0.29) is 0 Å². The highest BCUT2D eigenvalue weighted by molar-refractivity contribution is 6.12. The molecule has 0 N–H and O–H groups in total. The Morgan fingerprint density at radius 1 is 0.271 bits per heavy atom. The molecule has 0 unspecified atom stereocenters. The van der Waals surface area contributed by atoms with E-state index in [2.05, 4.69) is 193 Å². The van der Waals surface area contributed by atoms with Crippen LogP contribution in [0.15, 0.2) is 221 Å². The summed E-state index contributed by atoms with van der Waals surface area (Å²) in [5, 5.41) is 9.24. The molecule has 12 rings (SSSR count). The Kier molecular flexibility index (Phi) is 7.54. The van der Waals surface area contributed by atoms with E-state index in [4.69, 9.17) is 8.83 Å². The van der Waals surface area contributed by atoms with E-state index in [1.165, 1.54) is 21.5 Å². The van der Waals surface area contributed by atoms with Crippen LogP contribution in [0.4, 0.5) is 17.1 Å². The van der Waals surface area contributed by atoms with Gasteiger partial charge in [-0.1, -0.05) is 140 Å². The normalized spacial score (nSPS) is 11.7. The van der Waals surface area contributed by atoms with Crippen molar-refractivity contribution in [3.05, 3.63) is 212 Å². The molecule has 0 saturated heterocycles. The van der Waals surface area contributed by atoms with E-state index in [1.54, 1.807) is 0 Å². The number of nitrogens with zero attached hydrogens (tertiary/aromatic N) is 1. The fourth-order valence-electron chi connectivity index (χ4n) is 8.95. The second-order valence-electron chi connectivity index (χ2n) is 15.3. The molecule has 0 radical (unpaired) electrons. The van der Waals surface area contributed by atoms with Gasteiger partial charge in [0.1, 0.15) is 22.3 Å². The lowest BCUT2D eigenvalue weighted by Crippen LogP contribution is -2.09. The first-order valence-electron chi connectivity index (χ1n) is 20.1. The van der Waals surface area contributed by atoms with Crippen molar-refractivity contribution in [2.75, 3.05) is 4.90 Å². The minimum absolute atomic E-state index is 0.888. The monoisotopic (exact) mass is 753 g/mol. The van der Waals surface area contributed by atoms with Gasteiger partial charge in [0.05, 0.1) is 0 Å². The standard InChI is InChI=1S/C56H35NO2/c1-2-14-44(15-3-1)57(45-28-26-36-12-4-5-13-37(36)34-45)46-29-27-38-30-39(24-25-40(38)35-46)41-31-42(47-18-10-20-51-49-16-6-8-22-53(49)58-55(47)51)33-43(32-41)48-19-11-21-52-50-17-7-9-23-54(50)59-56(48)52/h1-35H. The summed E-state index contributed by atoms with van der Waals surface area (Å²) >= 11 is 0. The highest BCUT2D eigenvalue weighted by Gasteiger charge is 2.18. The van der Waals surface area contributed by atoms with Crippen LogP contribution in [0, 0.1) is 0 Å². The molecule has 2 aromatic heterocycles. The lowest BCUT2D eigenvalue weighted by molar-refractivity contribution is 0.670. The van der Waals surface area contributed by atoms with Crippen molar-refractivity contribution < 1.29 is 8.83 Å². The molecule has 0 aliphatic heterocycles. The Bertz CT molecular complexity index is 3440. The number of anilines is 3. The van der Waals surface area contributed by atoms with Gasteiger partial charge in [0.2, 0.25) is 0 Å². The van der Waals surface area contributed by atoms with Crippen molar-refractivity contribution in [3.63, 3.8) is 0 Å². The third kappa shape index (κ3) is 5.59. The van der Waals surface area contributed by atoms with Crippen molar-refractivity contribution in [3.8, 4) is 33.4 Å². The molecule has 0 bridgehead atoms. The van der Waals surface area contributed by atoms with Crippen LogP contribution >= 0.6 is 0 Å². The Morgan fingerprint density at radius 3 is 1.39 bits per heavy atom. The van der Waals surface area contributed by atoms with Crippen LogP contribution < -0.4 is 4.90 Å². The number of hydrogen-bond acceptors (Lipinski definition) is 3. The molecule has 3 heteroatoms. The van der Waals surface area contributed by atoms with Crippen LogP contribution in [-0.2, 0) is 0 Å². The minimum atomic E-state index is 0.888. The molecule has 12 aromatic rings. The van der Waals surface area contributed by atoms with Crippen LogP contribution in [0.25, 0.3) is 98.8 Å². The van der Waals surface area contributed by atoms with Crippen molar-refractivity contribution in [1.29, 1.82) is 0 Å². The Labute approximate surface area is 340 Å². The first kappa shape index (κ1) is 33.3. The molecule has 0 atom stereocenters. The maximum Gasteiger partial charge on any atom is 0.143 e. The zero-order valence-corrected chi connectivity index (χ0v) is 32.0. The fraction of sp³-hybridized carbons (Fsp3) is 0. The lowest BCUT2D eigenvalue weighted by atomic mass is 9.91. The minimum Gasteiger partial charge on any atom is -0.455 e. The molecule has 0 aliphatic rings. The maximum atomic E-state index is 6.59. The lowest BCUT2D eigenvalue weighted by Gasteiger charge is -2.26. The van der Waals surface area contributed by atoms with Gasteiger partial charge in [-0.15, -0.1) is 0 Å². The highest BCUT2D eigenvalue weighted by Crippen LogP contribution is 2.43. The summed E-state index contributed by atoms with van der Waals surface area (Å²) in [7, 11) is 0. The summed E-state index contributed by atoms with van der Waals surface area (Å²) in [4.78, 5) is 2.34. The van der Waals surface area contributed by atoms with Gasteiger partial charge in [-0.2, -0.15) is 0 Å². The van der Waals surface area contributed by atoms with Gasteiger partial charge in [-0.3, -0.25) is 0 Å². The Balaban J connectivity index is 1.02. The number of benzene rings is 10. The van der Waals surface area contributed by atoms with Crippen LogP contribution in [0.1, 0.15) is 0 Å². The molecule has 0 aliphatic carbocycles. The average molecular weight is 754 g/mol. The number of fused-ring (bicyclic) bond motifs is 8. The van der Waals surface area contributed by atoms with Gasteiger partial charge >= 0.3 is 0 Å². The summed E-state index contributed by atoms with van der Waals surface area (Å²) in [5.74, 6) is 0. The summed E-state index contributed by atoms with van der Waals surface area (Å²) < 4.78 is 13.2. The molecular formula is C56H35NO2. The van der Waals surface area contributed by atoms with Crippen LogP contribution in [0.3, 0.4) is 0 Å². The van der Waals surface area contributed by atoms with Gasteiger partial charge in [-0.25, -0.2) is 0 Å². The molecule has 0 fully saturated rings. The second-order valence-corrected chi connectivity index (χ2v) is 15.3. The third-order valence-corrected chi connectivity index (χ3v) is 11.8. The summed E-state index contributed by atoms with van der Waals surface area (Å²) in [6.45, 7) is 0. The van der Waals surface area contributed by atoms with Crippen molar-refractivity contribution in [1.82, 2.24) is 0 Å². The number of para-hydroxylation sites is 5. The largest absolute Gasteiger partial charge is 0.455 e. The van der Waals surface area contributed by atoms with Crippen molar-refractivity contribution >= 4 is 82.5 Å². The first-order chi connectivity index (χ1) is 29.2. The molecule has 276 valence electrons. The third-order valence-electron chi connectivity index (χ3n) is 11.8. The predicted molar refractivity (Wildman–Crippen MR) is 247 cm³/mol. The van der Waals surface area contributed by atoms with E-state index in [9.17, 15) is 0 Å². The molecule has 59 heavy (non-hydrogen) atoms. The number of furan rings is 2. The summed E-state index contributed by atoms with van der Waals surface area (Å²) in [6, 6.07) is 75.8. The number of hydrogen-bond donors (Lipinski definition) is 0. The summed E-state index contributed by atoms with van der Waals surface area (Å²) in [6.07, 6.45) is 0. The van der Waals surface area contributed by atoms with E-state index in [1.807, 2.05) is 24.3 Å². The highest BCUT2D eigenvalue weighted by atomic mass is 16.3. The quantitative estimate of drug-likeness (QED) is 0.169. The van der Waals surface area contributed by atoms with E-state index in [0.717, 1.165) is 94.3 Å². The van der Waals surface area contributed by atoms with Gasteiger partial charge in [0.25, 0.3) is 0 Å². The Hall–Kier alpha value is -7.88. The van der Waals surface area contributed by atoms with Crippen LogP contribution in [0.2, 0.25) is 0 Å². The zero-order chi connectivity index (χ0) is 38.9. The molecule has 3 nitrogen and oxygen atoms in total. The predicted octanol–water partition coefficient (Wildman–Crippen LogP) is 16.3. The molecule has 0 saturated carbocycles. The van der Waals surface area contributed by atoms with E-state index >= 15 is 0 Å². The van der Waals surface area contributed by atoms with Crippen LogP contribution in [0.5, 0.6) is 0 Å². The molecular weight excluding hydrogens is 719 g/mol. The smallest absolute Gasteiger partial charge is 0.143 e. The Morgan fingerprint density at radius 2 is 0.746 bits per heavy atom. The molecule has 0 spiro atoms. The second kappa shape index (κ2) is 13.4. The summed E-state index contributed by atoms with van der Waals surface area (Å²) in [5.41, 5.74) is 13.4. The van der Waals surface area contributed by atoms with Crippen LogP contribution in [-0.4, -0.2) is 0 Å². The van der Waals surface area contributed by atoms with Crippen molar-refractivity contribution in [2.24, 2.45) is 0 Å². The number of rotatable bonds is 6. The topological polar surface area (TPSA) is 29.5 Å². The van der Waals surface area contributed by atoms with Crippen molar-refractivity contribution in [2.45, 2.75) is 0 Å². The zero-order valence-electron chi connectivity index (χ0n) is 32.0. The van der Waals surface area contributed by atoms with Gasteiger partial charge in [0.15, 0.2) is 0 Å². The SMILES string of the molecule is c1ccc(N(c2ccc3ccccc3c2)c2ccc3cc(-c4cc(-c5cccc6c5oc5ccccc56)cc(-c5cccc6c5oc5ccccc56)c4)ccc3c2)cc1. The average Bonchev–Trinajstić information content (AvgIpc) is 3.88. The fourth-order valence-corrected chi connectivity index (χ4v) is 8.95. The van der Waals surface area contributed by atoms with Gasteiger partial charge in [0, 0.05) is 49.7 Å². The molecule has 2 heterocycles. The van der Waals surface area contributed by atoms with E-state index in [0.29, 0.717) is 0 Å². The first-order valence-corrected chi connectivity index (χ1v) is 20.1. The van der Waals surface area contributed by atoms with Gasteiger partial charge < -0.3 is 13.7 Å². The van der Waals surface area contributed by atoms with Gasteiger partial charge in [-0.05, 0) is 117 Å². The maximum absolute atomic E-state index is 6.59. The van der Waals surface area contributed by atoms with E-state index < -0.39 is 0 Å². The molecule has 0 amide bonds. The molecule has 10 aromatic carbocycles.